The van der Waals surface area contributed by atoms with Crippen LogP contribution in [0.3, 0.4) is 0 Å². The number of hydrogen-bond donors (Lipinski definition) is 0. The van der Waals surface area contributed by atoms with E-state index in [1.807, 2.05) is 6.07 Å². The van der Waals surface area contributed by atoms with Gasteiger partial charge in [0, 0.05) is 17.5 Å². The van der Waals surface area contributed by atoms with Crippen molar-refractivity contribution in [3.05, 3.63) is 46.4 Å². The van der Waals surface area contributed by atoms with Crippen molar-refractivity contribution >= 4 is 11.6 Å². The lowest BCUT2D eigenvalue weighted by Gasteiger charge is -2.16. The molecule has 142 valence electrons. The molecule has 0 bridgehead atoms. The van der Waals surface area contributed by atoms with Crippen LogP contribution in [0.25, 0.3) is 11.3 Å². The van der Waals surface area contributed by atoms with Gasteiger partial charge in [-0.25, -0.2) is 9.97 Å². The summed E-state index contributed by atoms with van der Waals surface area (Å²) in [5.41, 5.74) is 4.61. The second kappa shape index (κ2) is 10.7. The molecular weight excluding hydrogens is 340 g/mol. The first-order valence-electron chi connectivity index (χ1n) is 10.2. The summed E-state index contributed by atoms with van der Waals surface area (Å²) in [6.07, 6.45) is 10.1. The number of rotatable bonds is 10. The van der Waals surface area contributed by atoms with Crippen LogP contribution >= 0.6 is 11.6 Å². The lowest BCUT2D eigenvalue weighted by atomic mass is 9.96. The highest BCUT2D eigenvalue weighted by Crippen LogP contribution is 2.30. The number of aryl methyl sites for hydroxylation is 2. The quantitative estimate of drug-likeness (QED) is 0.316. The summed E-state index contributed by atoms with van der Waals surface area (Å²) in [4.78, 5) is 9.50. The minimum atomic E-state index is 0.392. The predicted molar refractivity (Wildman–Crippen MR) is 113 cm³/mol. The second-order valence-corrected chi connectivity index (χ2v) is 7.75. The fraction of sp³-hybridized carbons (Fsp3) is 0.565. The molecule has 0 aliphatic rings. The molecule has 0 N–H and O–H groups in total. The molecule has 2 nitrogen and oxygen atoms in total. The SMILES string of the molecule is CCCCCCCCC(CC)c1nc(Cl)cc(-c2c(C)cccc2C)n1. The van der Waals surface area contributed by atoms with Gasteiger partial charge < -0.3 is 0 Å². The summed E-state index contributed by atoms with van der Waals surface area (Å²) < 4.78 is 0. The van der Waals surface area contributed by atoms with E-state index in [-0.39, 0.29) is 0 Å². The third-order valence-electron chi connectivity index (χ3n) is 5.21. The lowest BCUT2D eigenvalue weighted by molar-refractivity contribution is 0.513. The van der Waals surface area contributed by atoms with E-state index in [1.54, 1.807) is 0 Å². The molecule has 2 rings (SSSR count). The van der Waals surface area contributed by atoms with Gasteiger partial charge in [0.05, 0.1) is 5.69 Å². The average molecular weight is 373 g/mol. The van der Waals surface area contributed by atoms with Gasteiger partial charge in [-0.15, -0.1) is 0 Å². The number of unbranched alkanes of at least 4 members (excludes halogenated alkanes) is 5. The summed E-state index contributed by atoms with van der Waals surface area (Å²) >= 11 is 6.37. The number of hydrogen-bond acceptors (Lipinski definition) is 2. The van der Waals surface area contributed by atoms with Gasteiger partial charge in [0.15, 0.2) is 0 Å². The van der Waals surface area contributed by atoms with E-state index in [1.165, 1.54) is 55.2 Å². The van der Waals surface area contributed by atoms with Crippen molar-refractivity contribution in [2.24, 2.45) is 0 Å². The van der Waals surface area contributed by atoms with Crippen LogP contribution in [0.5, 0.6) is 0 Å². The molecule has 1 aromatic heterocycles. The number of halogens is 1. The fourth-order valence-electron chi connectivity index (χ4n) is 3.65. The molecule has 1 atom stereocenters. The van der Waals surface area contributed by atoms with E-state index in [0.29, 0.717) is 11.1 Å². The molecule has 0 aliphatic carbocycles. The van der Waals surface area contributed by atoms with Crippen molar-refractivity contribution < 1.29 is 0 Å². The maximum absolute atomic E-state index is 6.37. The molecule has 1 heterocycles. The number of nitrogens with zero attached hydrogens (tertiary/aromatic N) is 2. The zero-order valence-electron chi connectivity index (χ0n) is 16.8. The van der Waals surface area contributed by atoms with Crippen LogP contribution < -0.4 is 0 Å². The van der Waals surface area contributed by atoms with Gasteiger partial charge in [-0.3, -0.25) is 0 Å². The summed E-state index contributed by atoms with van der Waals surface area (Å²) in [5.74, 6) is 1.30. The molecule has 0 saturated heterocycles. The molecular formula is C23H33ClN2. The zero-order chi connectivity index (χ0) is 18.9. The van der Waals surface area contributed by atoms with Crippen molar-refractivity contribution in [1.29, 1.82) is 0 Å². The van der Waals surface area contributed by atoms with Crippen LogP contribution in [0.2, 0.25) is 5.15 Å². The van der Waals surface area contributed by atoms with Gasteiger partial charge in [0.2, 0.25) is 0 Å². The van der Waals surface area contributed by atoms with Crippen LogP contribution in [-0.4, -0.2) is 9.97 Å². The molecule has 2 aromatic rings. The Labute approximate surface area is 164 Å². The Balaban J connectivity index is 2.14. The fourth-order valence-corrected chi connectivity index (χ4v) is 3.84. The smallest absolute Gasteiger partial charge is 0.133 e. The molecule has 0 radical (unpaired) electrons. The zero-order valence-corrected chi connectivity index (χ0v) is 17.6. The Morgan fingerprint density at radius 2 is 1.58 bits per heavy atom. The van der Waals surface area contributed by atoms with Crippen LogP contribution in [-0.2, 0) is 0 Å². The van der Waals surface area contributed by atoms with Gasteiger partial charge in [0.25, 0.3) is 0 Å². The van der Waals surface area contributed by atoms with Crippen molar-refractivity contribution in [3.8, 4) is 11.3 Å². The summed E-state index contributed by atoms with van der Waals surface area (Å²) in [6, 6.07) is 8.25. The van der Waals surface area contributed by atoms with Crippen LogP contribution in [0.4, 0.5) is 0 Å². The van der Waals surface area contributed by atoms with Crippen molar-refractivity contribution in [2.75, 3.05) is 0 Å². The second-order valence-electron chi connectivity index (χ2n) is 7.36. The van der Waals surface area contributed by atoms with E-state index < -0.39 is 0 Å². The largest absolute Gasteiger partial charge is 0.232 e. The molecule has 1 unspecified atom stereocenters. The van der Waals surface area contributed by atoms with E-state index in [0.717, 1.165) is 24.4 Å². The number of aromatic nitrogens is 2. The van der Waals surface area contributed by atoms with E-state index in [9.17, 15) is 0 Å². The first-order valence-corrected chi connectivity index (χ1v) is 10.6. The van der Waals surface area contributed by atoms with Crippen LogP contribution in [0, 0.1) is 13.8 Å². The Morgan fingerprint density at radius 1 is 0.923 bits per heavy atom. The minimum absolute atomic E-state index is 0.392. The average Bonchev–Trinajstić information content (AvgIpc) is 2.60. The Kier molecular flexibility index (Phi) is 8.58. The first kappa shape index (κ1) is 20.9. The van der Waals surface area contributed by atoms with E-state index in [2.05, 4.69) is 50.9 Å². The standard InChI is InChI=1S/C23H33ClN2/c1-5-7-8-9-10-11-15-19(6-2)23-25-20(16-21(24)26-23)22-17(3)13-12-14-18(22)4/h12-14,16,19H,5-11,15H2,1-4H3. The normalized spacial score (nSPS) is 12.3. The highest BCUT2D eigenvalue weighted by Gasteiger charge is 2.16. The van der Waals surface area contributed by atoms with Crippen molar-refractivity contribution in [1.82, 2.24) is 9.97 Å². The molecule has 0 amide bonds. The Hall–Kier alpha value is -1.41. The van der Waals surface area contributed by atoms with E-state index >= 15 is 0 Å². The molecule has 0 aliphatic heterocycles. The van der Waals surface area contributed by atoms with Crippen LogP contribution in [0.1, 0.15) is 88.1 Å². The third kappa shape index (κ3) is 5.81. The molecule has 3 heteroatoms. The predicted octanol–water partition coefficient (Wildman–Crippen LogP) is 7.66. The third-order valence-corrected chi connectivity index (χ3v) is 5.41. The van der Waals surface area contributed by atoms with Crippen molar-refractivity contribution in [3.63, 3.8) is 0 Å². The van der Waals surface area contributed by atoms with Gasteiger partial charge in [-0.2, -0.15) is 0 Å². The highest BCUT2D eigenvalue weighted by molar-refractivity contribution is 6.29. The van der Waals surface area contributed by atoms with Gasteiger partial charge in [-0.05, 0) is 37.8 Å². The van der Waals surface area contributed by atoms with Gasteiger partial charge >= 0.3 is 0 Å². The molecule has 0 saturated carbocycles. The van der Waals surface area contributed by atoms with E-state index in [4.69, 9.17) is 16.6 Å². The van der Waals surface area contributed by atoms with Gasteiger partial charge in [0.1, 0.15) is 11.0 Å². The maximum Gasteiger partial charge on any atom is 0.133 e. The first-order chi connectivity index (χ1) is 12.6. The maximum atomic E-state index is 6.37. The summed E-state index contributed by atoms with van der Waals surface area (Å²) in [6.45, 7) is 8.75. The lowest BCUT2D eigenvalue weighted by Crippen LogP contribution is -2.06. The molecule has 0 spiro atoms. The molecule has 0 fully saturated rings. The molecule has 26 heavy (non-hydrogen) atoms. The summed E-state index contributed by atoms with van der Waals surface area (Å²) in [7, 11) is 0. The number of benzene rings is 1. The van der Waals surface area contributed by atoms with Crippen molar-refractivity contribution in [2.45, 2.75) is 85.0 Å². The highest BCUT2D eigenvalue weighted by atomic mass is 35.5. The topological polar surface area (TPSA) is 25.8 Å². The minimum Gasteiger partial charge on any atom is -0.232 e. The Bertz CT molecular complexity index is 676. The molecule has 1 aromatic carbocycles. The van der Waals surface area contributed by atoms with Gasteiger partial charge in [-0.1, -0.05) is 82.2 Å². The van der Waals surface area contributed by atoms with Crippen LogP contribution in [0.15, 0.2) is 24.3 Å². The summed E-state index contributed by atoms with van der Waals surface area (Å²) in [5, 5.41) is 0.550. The Morgan fingerprint density at radius 3 is 2.23 bits per heavy atom. The monoisotopic (exact) mass is 372 g/mol.